The number of hydrogen-bond acceptors (Lipinski definition) is 0. The topological polar surface area (TPSA) is 0 Å². The van der Waals surface area contributed by atoms with E-state index in [-0.39, 0.29) is 37.1 Å². The molecule has 1 aliphatic rings. The van der Waals surface area contributed by atoms with E-state index in [0.29, 0.717) is 0 Å². The summed E-state index contributed by atoms with van der Waals surface area (Å²) in [5.74, 6) is 0. The van der Waals surface area contributed by atoms with Crippen LogP contribution in [0.3, 0.4) is 0 Å². The first-order valence-electron chi connectivity index (χ1n) is 1.97. The molecule has 0 unspecified atom stereocenters. The van der Waals surface area contributed by atoms with Crippen LogP contribution in [0, 0.1) is 43.2 Å². The minimum absolute atomic E-state index is 0. The summed E-state index contributed by atoms with van der Waals surface area (Å²) in [6, 6.07) is 0. The van der Waals surface area contributed by atoms with Gasteiger partial charge < -0.3 is 37.1 Å². The summed E-state index contributed by atoms with van der Waals surface area (Å²) in [4.78, 5) is 0. The second-order valence-corrected chi connectivity index (χ2v) is 9.84. The first-order chi connectivity index (χ1) is 3.91. The van der Waals surface area contributed by atoms with Gasteiger partial charge in [-0.1, -0.05) is 0 Å². The van der Waals surface area contributed by atoms with Gasteiger partial charge in [0.2, 0.25) is 0 Å². The van der Waals surface area contributed by atoms with Crippen molar-refractivity contribution in [2.75, 3.05) is 0 Å². The average Bonchev–Trinajstić information content (AvgIpc) is 2.17. The maximum absolute atomic E-state index is 2.99. The molecule has 89 valence electrons. The SMILES string of the molecule is [C-]1=CC=CC1.[CH3-].[CH3-].[CH3-].[CH3-].[CH3-].[I][Co][I]. The predicted octanol–water partition coefficient (Wildman–Crippen LogP) is 5.33. The molecule has 0 radical (unpaired) electrons. The Labute approximate surface area is 116 Å². The van der Waals surface area contributed by atoms with Crippen LogP contribution in [0.5, 0.6) is 0 Å². The summed E-state index contributed by atoms with van der Waals surface area (Å²) >= 11 is 4.49. The molecule has 13 heavy (non-hydrogen) atoms. The zero-order valence-electron chi connectivity index (χ0n) is 9.03. The van der Waals surface area contributed by atoms with Gasteiger partial charge in [-0.15, -0.1) is 6.42 Å². The van der Waals surface area contributed by atoms with Crippen molar-refractivity contribution in [3.63, 3.8) is 0 Å². The summed E-state index contributed by atoms with van der Waals surface area (Å²) in [6.07, 6.45) is 10.0. The van der Waals surface area contributed by atoms with Crippen LogP contribution in [0.1, 0.15) is 6.42 Å². The van der Waals surface area contributed by atoms with E-state index in [2.05, 4.69) is 53.0 Å². The molecule has 1 rings (SSSR count). The second-order valence-electron chi connectivity index (χ2n) is 1.05. The molecule has 0 aromatic carbocycles. The van der Waals surface area contributed by atoms with Gasteiger partial charge >= 0.3 is 49.1 Å². The normalized spacial score (nSPS) is 8.46. The van der Waals surface area contributed by atoms with Crippen molar-refractivity contribution < 1.29 is 8.26 Å². The number of hydrogen-bond donors (Lipinski definition) is 0. The monoisotopic (exact) mass is 453 g/mol. The van der Waals surface area contributed by atoms with Crippen molar-refractivity contribution in [2.45, 2.75) is 6.42 Å². The van der Waals surface area contributed by atoms with E-state index in [1.807, 2.05) is 12.2 Å². The molecule has 0 saturated heterocycles. The van der Waals surface area contributed by atoms with E-state index in [4.69, 9.17) is 0 Å². The molecule has 1 aliphatic carbocycles. The van der Waals surface area contributed by atoms with Crippen molar-refractivity contribution in [3.05, 3.63) is 61.4 Å². The van der Waals surface area contributed by atoms with Crippen LogP contribution in [0.15, 0.2) is 18.2 Å². The molecule has 0 saturated carbocycles. The Morgan fingerprint density at radius 3 is 1.46 bits per heavy atom. The van der Waals surface area contributed by atoms with Crippen LogP contribution in [-0.4, -0.2) is 0 Å². The van der Waals surface area contributed by atoms with Crippen LogP contribution in [0.4, 0.5) is 0 Å². The first kappa shape index (κ1) is 36.6. The molecule has 0 nitrogen and oxygen atoms in total. The van der Waals surface area contributed by atoms with E-state index >= 15 is 0 Å². The van der Waals surface area contributed by atoms with Crippen LogP contribution >= 0.6 is 40.8 Å². The Morgan fingerprint density at radius 2 is 1.38 bits per heavy atom. The zero-order chi connectivity index (χ0) is 6.24. The van der Waals surface area contributed by atoms with Crippen molar-refractivity contribution in [1.29, 1.82) is 0 Å². The van der Waals surface area contributed by atoms with Gasteiger partial charge in [0.05, 0.1) is 0 Å². The van der Waals surface area contributed by atoms with Gasteiger partial charge in [0.25, 0.3) is 0 Å². The molecule has 0 heterocycles. The Balaban J connectivity index is -0.0000000144. The van der Waals surface area contributed by atoms with Crippen molar-refractivity contribution >= 4 is 40.8 Å². The predicted molar refractivity (Wildman–Crippen MR) is 81.7 cm³/mol. The van der Waals surface area contributed by atoms with Gasteiger partial charge in [0.1, 0.15) is 0 Å². The van der Waals surface area contributed by atoms with Crippen molar-refractivity contribution in [2.24, 2.45) is 0 Å². The molecule has 3 heteroatoms. The molecule has 0 spiro atoms. The molecule has 0 amide bonds. The van der Waals surface area contributed by atoms with E-state index in [1.165, 1.54) is 8.26 Å². The summed E-state index contributed by atoms with van der Waals surface area (Å²) in [7, 11) is 1.38. The zero-order valence-corrected chi connectivity index (χ0v) is 14.4. The Bertz CT molecular complexity index is 80.9. The fraction of sp³-hybridized carbons (Fsp3) is 0.100. The Morgan fingerprint density at radius 1 is 1.00 bits per heavy atom. The quantitative estimate of drug-likeness (QED) is 0.344. The third kappa shape index (κ3) is 42.4. The van der Waals surface area contributed by atoms with E-state index < -0.39 is 0 Å². The summed E-state index contributed by atoms with van der Waals surface area (Å²) < 4.78 is 0. The Hall–Kier alpha value is 1.45. The molecule has 0 fully saturated rings. The van der Waals surface area contributed by atoms with E-state index in [1.54, 1.807) is 0 Å². The van der Waals surface area contributed by atoms with Gasteiger partial charge in [-0.05, 0) is 0 Å². The Kier molecular flexibility index (Phi) is 106. The van der Waals surface area contributed by atoms with Gasteiger partial charge in [0, 0.05) is 0 Å². The number of rotatable bonds is 0. The van der Waals surface area contributed by atoms with Gasteiger partial charge in [-0.25, -0.2) is 12.2 Å². The molecule has 0 aromatic rings. The van der Waals surface area contributed by atoms with Gasteiger partial charge in [-0.3, -0.25) is 6.08 Å². The standard InChI is InChI=1S/C5H5.5CH3.Co.2HI/c1-2-4-5-3-1;;;;;;;;/h1-3H,4H2;5*1H3;;2*1H/q6*-1;+2;;/p-2. The number of allylic oxidation sites excluding steroid dienone is 4. The summed E-state index contributed by atoms with van der Waals surface area (Å²) in [5, 5.41) is 0. The molecule has 0 atom stereocenters. The van der Waals surface area contributed by atoms with Crippen LogP contribution < -0.4 is 0 Å². The molecule has 0 aliphatic heterocycles. The van der Waals surface area contributed by atoms with E-state index in [9.17, 15) is 0 Å². The number of halogens is 2. The first-order valence-corrected chi connectivity index (χ1v) is 8.69. The minimum atomic E-state index is 0. The third-order valence-corrected chi connectivity index (χ3v) is 0.586. The van der Waals surface area contributed by atoms with Crippen LogP contribution in [0.25, 0.3) is 0 Å². The average molecular weight is 453 g/mol. The van der Waals surface area contributed by atoms with Crippen molar-refractivity contribution in [3.8, 4) is 0 Å². The molecule has 0 aromatic heterocycles. The van der Waals surface area contributed by atoms with E-state index in [0.717, 1.165) is 6.42 Å². The molecule has 0 N–H and O–H groups in total. The molecular weight excluding hydrogens is 433 g/mol. The van der Waals surface area contributed by atoms with Crippen LogP contribution in [0.2, 0.25) is 0 Å². The second kappa shape index (κ2) is 37.6. The summed E-state index contributed by atoms with van der Waals surface area (Å²) in [5.41, 5.74) is 0. The van der Waals surface area contributed by atoms with Gasteiger partial charge in [0.15, 0.2) is 0 Å². The van der Waals surface area contributed by atoms with Crippen molar-refractivity contribution in [1.82, 2.24) is 0 Å². The fourth-order valence-electron chi connectivity index (χ4n) is 0.340. The molecular formula is C10H20CoI2-6. The third-order valence-electron chi connectivity index (χ3n) is 0.586. The van der Waals surface area contributed by atoms with Crippen LogP contribution in [-0.2, 0) is 8.26 Å². The molecule has 0 bridgehead atoms. The maximum atomic E-state index is 2.99. The van der Waals surface area contributed by atoms with Gasteiger partial charge in [-0.2, -0.15) is 6.08 Å². The summed E-state index contributed by atoms with van der Waals surface area (Å²) in [6.45, 7) is 0. The fourth-order valence-corrected chi connectivity index (χ4v) is 0.340.